The number of aromatic nitrogens is 1. The van der Waals surface area contributed by atoms with Crippen LogP contribution in [0.4, 0.5) is 0 Å². The van der Waals surface area contributed by atoms with Crippen LogP contribution in [0.15, 0.2) is 49.1 Å². The standard InChI is InChI=1S/C43H55N3O9S/c1-6-27-23-43(27,41(50)45-56(51,52)29-19-20-29)24-35(47)34-21-28-25-46(34)40(49)32(42(2,3)4)22-37(48)55-36-18-12-14-26(36)13-8-7-9-16-31-38(53-5)30-15-10-11-17-33(30)44-39(31)54-28/h6-7,9-11,15,17,26-29,32,34,36H,1,8,12-14,16,18-25H2,2-5H3,(H,45,50)/b9-7-/t26-,27-,28-,32-,34+,36-,43-/m1/s1. The van der Waals surface area contributed by atoms with Gasteiger partial charge in [0.25, 0.3) is 0 Å². The van der Waals surface area contributed by atoms with Crippen LogP contribution in [-0.2, 0) is 40.4 Å². The van der Waals surface area contributed by atoms with Crippen LogP contribution in [0.1, 0.15) is 97.0 Å². The van der Waals surface area contributed by atoms with E-state index in [0.717, 1.165) is 43.1 Å². The fraction of sp³-hybridized carbons (Fsp3) is 0.605. The van der Waals surface area contributed by atoms with E-state index in [2.05, 4.69) is 23.5 Å². The number of methoxy groups -OCH3 is 1. The Morgan fingerprint density at radius 2 is 1.86 bits per heavy atom. The Labute approximate surface area is 329 Å². The Morgan fingerprint density at radius 3 is 2.55 bits per heavy atom. The molecule has 7 rings (SSSR count). The number of hydrogen-bond donors (Lipinski definition) is 1. The maximum Gasteiger partial charge on any atom is 0.306 e. The van der Waals surface area contributed by atoms with Gasteiger partial charge in [-0.1, -0.05) is 51.1 Å². The Balaban J connectivity index is 1.25. The molecule has 1 N–H and O–H groups in total. The third-order valence-corrected chi connectivity index (χ3v) is 14.5. The highest BCUT2D eigenvalue weighted by atomic mass is 32.2. The van der Waals surface area contributed by atoms with E-state index in [9.17, 15) is 27.6 Å². The minimum Gasteiger partial charge on any atom is -0.496 e. The molecule has 5 aliphatic rings. The first-order valence-corrected chi connectivity index (χ1v) is 21.7. The molecule has 2 amide bonds. The Kier molecular flexibility index (Phi) is 11.1. The van der Waals surface area contributed by atoms with Crippen LogP contribution in [0.2, 0.25) is 0 Å². The molecule has 12 nitrogen and oxygen atoms in total. The molecule has 1 saturated heterocycles. The molecule has 13 heteroatoms. The molecule has 3 heterocycles. The van der Waals surface area contributed by atoms with Gasteiger partial charge in [0, 0.05) is 18.2 Å². The van der Waals surface area contributed by atoms with Crippen molar-refractivity contribution in [2.75, 3.05) is 13.7 Å². The fourth-order valence-corrected chi connectivity index (χ4v) is 10.5. The monoisotopic (exact) mass is 789 g/mol. The largest absolute Gasteiger partial charge is 0.496 e. The second kappa shape index (κ2) is 15.6. The highest BCUT2D eigenvalue weighted by molar-refractivity contribution is 7.90. The molecule has 3 saturated carbocycles. The highest BCUT2D eigenvalue weighted by Gasteiger charge is 2.61. The summed E-state index contributed by atoms with van der Waals surface area (Å²) in [6, 6.07) is 6.64. The Morgan fingerprint density at radius 1 is 1.09 bits per heavy atom. The molecular formula is C43H55N3O9S. The first-order chi connectivity index (χ1) is 26.6. The van der Waals surface area contributed by atoms with E-state index in [1.54, 1.807) is 13.2 Å². The van der Waals surface area contributed by atoms with Crippen molar-refractivity contribution < 1.29 is 41.8 Å². The zero-order valence-electron chi connectivity index (χ0n) is 33.0. The van der Waals surface area contributed by atoms with E-state index in [4.69, 9.17) is 19.2 Å². The normalized spacial score (nSPS) is 30.5. The maximum absolute atomic E-state index is 14.8. The number of fused-ring (bicyclic) bond motifs is 5. The van der Waals surface area contributed by atoms with Gasteiger partial charge in [0.05, 0.1) is 53.8 Å². The number of Topliss-reactive ketones (excluding diaryl/α,β-unsaturated/α-hetero) is 1. The molecule has 3 aliphatic carbocycles. The summed E-state index contributed by atoms with van der Waals surface area (Å²) in [6.45, 7) is 9.58. The lowest BCUT2D eigenvalue weighted by Gasteiger charge is -2.35. The number of nitrogens with zero attached hydrogens (tertiary/aromatic N) is 2. The van der Waals surface area contributed by atoms with Crippen molar-refractivity contribution in [3.05, 3.63) is 54.6 Å². The number of amides is 2. The van der Waals surface area contributed by atoms with Crippen LogP contribution in [0.5, 0.6) is 11.6 Å². The van der Waals surface area contributed by atoms with Crippen molar-refractivity contribution in [3.63, 3.8) is 0 Å². The van der Waals surface area contributed by atoms with Crippen LogP contribution in [0.3, 0.4) is 0 Å². The first-order valence-electron chi connectivity index (χ1n) is 20.1. The van der Waals surface area contributed by atoms with Gasteiger partial charge in [0.1, 0.15) is 18.0 Å². The highest BCUT2D eigenvalue weighted by Crippen LogP contribution is 2.57. The van der Waals surface area contributed by atoms with E-state index in [1.165, 1.54) is 4.90 Å². The summed E-state index contributed by atoms with van der Waals surface area (Å²) in [5, 5.41) is 0.226. The summed E-state index contributed by atoms with van der Waals surface area (Å²) < 4.78 is 46.7. The predicted molar refractivity (Wildman–Crippen MR) is 210 cm³/mol. The first kappa shape index (κ1) is 40.0. The number of carbonyl (C=O) groups is 4. The zero-order valence-corrected chi connectivity index (χ0v) is 33.8. The Hall–Kier alpha value is -4.26. The van der Waals surface area contributed by atoms with Gasteiger partial charge < -0.3 is 19.1 Å². The van der Waals surface area contributed by atoms with Gasteiger partial charge in [-0.3, -0.25) is 23.9 Å². The third-order valence-electron chi connectivity index (χ3n) is 12.6. The van der Waals surface area contributed by atoms with E-state index in [0.29, 0.717) is 36.4 Å². The number of esters is 1. The number of pyridine rings is 1. The number of allylic oxidation sites excluding steroid dienone is 3. The van der Waals surface area contributed by atoms with E-state index in [1.807, 2.05) is 45.0 Å². The topological polar surface area (TPSA) is 158 Å². The lowest BCUT2D eigenvalue weighted by Crippen LogP contribution is -2.48. The average molecular weight is 790 g/mol. The second-order valence-corrected chi connectivity index (χ2v) is 19.5. The number of benzene rings is 1. The average Bonchev–Trinajstić information content (AvgIpc) is 4.04. The maximum atomic E-state index is 14.8. The second-order valence-electron chi connectivity index (χ2n) is 17.5. The number of rotatable bonds is 8. The number of ketones is 1. The number of sulfonamides is 1. The lowest BCUT2D eigenvalue weighted by atomic mass is 9.77. The minimum atomic E-state index is -3.86. The molecule has 0 spiro atoms. The van der Waals surface area contributed by atoms with Crippen LogP contribution in [0, 0.1) is 28.6 Å². The minimum absolute atomic E-state index is 0.0355. The molecular weight excluding hydrogens is 735 g/mol. The molecule has 7 atom stereocenters. The SMILES string of the molecule is C=C[C@@H]1C[C@]1(CC(=O)[C@@H]1C[C@@H]2CN1C(=O)[C@H](C(C)(C)C)CC(=O)O[C@@H]1CCC[C@H]1CC/C=C\Cc1c(nc3ccccc3c1OC)O2)C(=O)NS(=O)(=O)C1CC1. The van der Waals surface area contributed by atoms with Crippen molar-refractivity contribution in [1.82, 2.24) is 14.6 Å². The molecule has 1 aromatic carbocycles. The third kappa shape index (κ3) is 8.11. The predicted octanol–water partition coefficient (Wildman–Crippen LogP) is 6.01. The van der Waals surface area contributed by atoms with E-state index < -0.39 is 62.0 Å². The van der Waals surface area contributed by atoms with Crippen molar-refractivity contribution in [2.24, 2.45) is 28.6 Å². The summed E-state index contributed by atoms with van der Waals surface area (Å²) in [7, 11) is -2.24. The van der Waals surface area contributed by atoms with Crippen LogP contribution >= 0.6 is 0 Å². The molecule has 0 unspecified atom stereocenters. The van der Waals surface area contributed by atoms with Crippen molar-refractivity contribution in [1.29, 1.82) is 0 Å². The zero-order chi connectivity index (χ0) is 40.0. The number of nitrogens with one attached hydrogen (secondary N) is 1. The molecule has 2 bridgehead atoms. The number of ether oxygens (including phenoxy) is 3. The molecule has 2 aliphatic heterocycles. The number of carbonyl (C=O) groups excluding carboxylic acids is 4. The van der Waals surface area contributed by atoms with Gasteiger partial charge in [-0.2, -0.15) is 0 Å². The number of para-hydroxylation sites is 1. The molecule has 4 fully saturated rings. The summed E-state index contributed by atoms with van der Waals surface area (Å²) >= 11 is 0. The molecule has 2 aromatic rings. The lowest BCUT2D eigenvalue weighted by molar-refractivity contribution is -0.158. The van der Waals surface area contributed by atoms with Gasteiger partial charge in [-0.05, 0) is 87.2 Å². The van der Waals surface area contributed by atoms with Crippen molar-refractivity contribution >= 4 is 44.5 Å². The molecule has 0 radical (unpaired) electrons. The van der Waals surface area contributed by atoms with Crippen LogP contribution in [0.25, 0.3) is 10.9 Å². The van der Waals surface area contributed by atoms with Gasteiger partial charge >= 0.3 is 5.97 Å². The van der Waals surface area contributed by atoms with Gasteiger partial charge in [-0.15, -0.1) is 6.58 Å². The number of hydrogen-bond acceptors (Lipinski definition) is 10. The fourth-order valence-electron chi connectivity index (χ4n) is 9.07. The van der Waals surface area contributed by atoms with Crippen molar-refractivity contribution in [2.45, 2.75) is 121 Å². The Bertz CT molecular complexity index is 2040. The van der Waals surface area contributed by atoms with Gasteiger partial charge in [-0.25, -0.2) is 13.4 Å². The van der Waals surface area contributed by atoms with Gasteiger partial charge in [0.15, 0.2) is 5.78 Å². The molecule has 302 valence electrons. The van der Waals surface area contributed by atoms with Crippen LogP contribution < -0.4 is 14.2 Å². The summed E-state index contributed by atoms with van der Waals surface area (Å²) in [4.78, 5) is 63.2. The molecule has 56 heavy (non-hydrogen) atoms. The quantitative estimate of drug-likeness (QED) is 0.248. The summed E-state index contributed by atoms with van der Waals surface area (Å²) in [6.07, 6.45) is 10.7. The smallest absolute Gasteiger partial charge is 0.306 e. The summed E-state index contributed by atoms with van der Waals surface area (Å²) in [5.41, 5.74) is -0.550. The summed E-state index contributed by atoms with van der Waals surface area (Å²) in [5.74, 6) is -1.92. The van der Waals surface area contributed by atoms with Crippen molar-refractivity contribution in [3.8, 4) is 11.6 Å². The van der Waals surface area contributed by atoms with E-state index >= 15 is 0 Å². The van der Waals surface area contributed by atoms with Crippen LogP contribution in [-0.4, -0.2) is 79.0 Å². The van der Waals surface area contributed by atoms with Gasteiger partial charge in [0.2, 0.25) is 27.7 Å². The molecule has 1 aromatic heterocycles. The van der Waals surface area contributed by atoms with E-state index in [-0.39, 0.29) is 55.9 Å².